The van der Waals surface area contributed by atoms with E-state index in [4.69, 9.17) is 0 Å². The minimum Gasteiger partial charge on any atom is -0.393 e. The van der Waals surface area contributed by atoms with Crippen LogP contribution in [0.2, 0.25) is 0 Å². The SMILES string of the molecule is C[C@]12C(=O)CC(=O)C=C1CC[C@@H]1[C@@H]2CC[C@]2(C)[C@@H](O)CC[C@@H]12. The van der Waals surface area contributed by atoms with Crippen molar-refractivity contribution in [3.05, 3.63) is 11.6 Å². The van der Waals surface area contributed by atoms with E-state index >= 15 is 0 Å². The Morgan fingerprint density at radius 1 is 1.09 bits per heavy atom. The Balaban J connectivity index is 1.74. The number of aliphatic hydroxyl groups is 1. The van der Waals surface area contributed by atoms with Crippen molar-refractivity contribution in [2.45, 2.75) is 64.9 Å². The highest BCUT2D eigenvalue weighted by molar-refractivity contribution is 6.11. The smallest absolute Gasteiger partial charge is 0.163 e. The fourth-order valence-corrected chi connectivity index (χ4v) is 6.39. The summed E-state index contributed by atoms with van der Waals surface area (Å²) in [6.07, 6.45) is 7.70. The summed E-state index contributed by atoms with van der Waals surface area (Å²) in [5.41, 5.74) is 0.731. The summed E-state index contributed by atoms with van der Waals surface area (Å²) in [5, 5.41) is 10.4. The first-order valence-electron chi connectivity index (χ1n) is 8.82. The Morgan fingerprint density at radius 3 is 2.64 bits per heavy atom. The number of hydrogen-bond acceptors (Lipinski definition) is 3. The number of carbonyl (C=O) groups excluding carboxylic acids is 2. The number of allylic oxidation sites excluding steroid dienone is 1. The van der Waals surface area contributed by atoms with E-state index in [1.54, 1.807) is 6.08 Å². The summed E-state index contributed by atoms with van der Waals surface area (Å²) in [6.45, 7) is 4.35. The normalized spacial score (nSPS) is 51.0. The van der Waals surface area contributed by atoms with Crippen LogP contribution >= 0.6 is 0 Å². The lowest BCUT2D eigenvalue weighted by Gasteiger charge is -2.56. The first-order chi connectivity index (χ1) is 10.4. The predicted octanol–water partition coefficient (Wildman–Crippen LogP) is 3.06. The highest BCUT2D eigenvalue weighted by Crippen LogP contribution is 2.64. The Labute approximate surface area is 132 Å². The first-order valence-corrected chi connectivity index (χ1v) is 8.82. The third kappa shape index (κ3) is 1.66. The van der Waals surface area contributed by atoms with E-state index in [9.17, 15) is 14.7 Å². The molecular formula is C19H26O3. The molecular weight excluding hydrogens is 276 g/mol. The van der Waals surface area contributed by atoms with Gasteiger partial charge in [0, 0.05) is 0 Å². The lowest BCUT2D eigenvalue weighted by atomic mass is 9.47. The van der Waals surface area contributed by atoms with Crippen LogP contribution in [0.3, 0.4) is 0 Å². The number of ketones is 2. The van der Waals surface area contributed by atoms with Crippen molar-refractivity contribution in [3.8, 4) is 0 Å². The molecule has 120 valence electrons. The summed E-state index contributed by atoms with van der Waals surface area (Å²) in [7, 11) is 0. The first kappa shape index (κ1) is 14.6. The summed E-state index contributed by atoms with van der Waals surface area (Å²) in [6, 6.07) is 0. The van der Waals surface area contributed by atoms with Crippen molar-refractivity contribution >= 4 is 11.6 Å². The van der Waals surface area contributed by atoms with Crippen LogP contribution < -0.4 is 0 Å². The van der Waals surface area contributed by atoms with Gasteiger partial charge in [-0.3, -0.25) is 9.59 Å². The van der Waals surface area contributed by atoms with Gasteiger partial charge in [0.25, 0.3) is 0 Å². The van der Waals surface area contributed by atoms with E-state index in [1.807, 2.05) is 0 Å². The number of hydrogen-bond donors (Lipinski definition) is 1. The molecule has 0 aromatic carbocycles. The molecule has 0 spiro atoms. The van der Waals surface area contributed by atoms with Crippen molar-refractivity contribution in [1.82, 2.24) is 0 Å². The number of carbonyl (C=O) groups is 2. The molecule has 6 atom stereocenters. The Bertz CT molecular complexity index is 577. The maximum atomic E-state index is 12.7. The summed E-state index contributed by atoms with van der Waals surface area (Å²) in [4.78, 5) is 24.5. The monoisotopic (exact) mass is 302 g/mol. The van der Waals surface area contributed by atoms with E-state index in [1.165, 1.54) is 0 Å². The van der Waals surface area contributed by atoms with Gasteiger partial charge in [-0.05, 0) is 74.7 Å². The maximum Gasteiger partial charge on any atom is 0.163 e. The number of rotatable bonds is 0. The van der Waals surface area contributed by atoms with Crippen LogP contribution in [-0.2, 0) is 9.59 Å². The van der Waals surface area contributed by atoms with Crippen molar-refractivity contribution in [2.24, 2.45) is 28.6 Å². The zero-order chi connectivity index (χ0) is 15.7. The Hall–Kier alpha value is -0.960. The van der Waals surface area contributed by atoms with Gasteiger partial charge >= 0.3 is 0 Å². The number of Topliss-reactive ketones (excluding diaryl/α,β-unsaturated/α-hetero) is 1. The predicted molar refractivity (Wildman–Crippen MR) is 83.1 cm³/mol. The molecule has 0 amide bonds. The average Bonchev–Trinajstić information content (AvgIpc) is 2.77. The van der Waals surface area contributed by atoms with E-state index < -0.39 is 5.41 Å². The molecule has 0 heterocycles. The zero-order valence-electron chi connectivity index (χ0n) is 13.6. The molecule has 3 saturated carbocycles. The Kier molecular flexibility index (Phi) is 3.01. The molecule has 0 bridgehead atoms. The van der Waals surface area contributed by atoms with Gasteiger partial charge in [0.15, 0.2) is 11.6 Å². The second-order valence-electron chi connectivity index (χ2n) is 8.49. The number of fused-ring (bicyclic) bond motifs is 5. The second-order valence-corrected chi connectivity index (χ2v) is 8.49. The average molecular weight is 302 g/mol. The topological polar surface area (TPSA) is 54.4 Å². The van der Waals surface area contributed by atoms with E-state index in [0.29, 0.717) is 17.8 Å². The molecule has 3 fully saturated rings. The van der Waals surface area contributed by atoms with Crippen LogP contribution in [0.5, 0.6) is 0 Å². The maximum absolute atomic E-state index is 12.7. The molecule has 3 nitrogen and oxygen atoms in total. The van der Waals surface area contributed by atoms with Gasteiger partial charge in [-0.15, -0.1) is 0 Å². The largest absolute Gasteiger partial charge is 0.393 e. The second kappa shape index (κ2) is 4.53. The molecule has 4 aliphatic carbocycles. The zero-order valence-corrected chi connectivity index (χ0v) is 13.6. The van der Waals surface area contributed by atoms with Gasteiger partial charge in [0.2, 0.25) is 0 Å². The molecule has 3 heteroatoms. The molecule has 22 heavy (non-hydrogen) atoms. The quantitative estimate of drug-likeness (QED) is 0.700. The van der Waals surface area contributed by atoms with Crippen LogP contribution in [0.4, 0.5) is 0 Å². The van der Waals surface area contributed by atoms with Crippen molar-refractivity contribution in [3.63, 3.8) is 0 Å². The van der Waals surface area contributed by atoms with Crippen LogP contribution in [0, 0.1) is 28.6 Å². The van der Waals surface area contributed by atoms with Gasteiger partial charge in [0.05, 0.1) is 17.9 Å². The summed E-state index contributed by atoms with van der Waals surface area (Å²) in [5.74, 6) is 1.59. The molecule has 0 unspecified atom stereocenters. The molecule has 0 radical (unpaired) electrons. The lowest BCUT2D eigenvalue weighted by molar-refractivity contribution is -0.141. The van der Waals surface area contributed by atoms with Gasteiger partial charge in [-0.1, -0.05) is 12.5 Å². The molecule has 1 N–H and O–H groups in total. The fraction of sp³-hybridized carbons (Fsp3) is 0.789. The standard InChI is InChI=1S/C19H26O3/c1-18-8-7-15-13(14(18)5-6-16(18)21)4-3-11-9-12(20)10-17(22)19(11,15)2/h9,13-16,21H,3-8,10H2,1-2H3/t13-,14-,15-,16-,18-,19-/m0/s1. The van der Waals surface area contributed by atoms with Crippen LogP contribution in [0.1, 0.15) is 58.8 Å². The molecule has 4 rings (SSSR count). The van der Waals surface area contributed by atoms with E-state index in [0.717, 1.165) is 44.1 Å². The fourth-order valence-electron chi connectivity index (χ4n) is 6.39. The van der Waals surface area contributed by atoms with Crippen molar-refractivity contribution in [1.29, 1.82) is 0 Å². The molecule has 0 aliphatic heterocycles. The summed E-state index contributed by atoms with van der Waals surface area (Å²) >= 11 is 0. The molecule has 0 aromatic rings. The van der Waals surface area contributed by atoms with Gasteiger partial charge in [-0.25, -0.2) is 0 Å². The van der Waals surface area contributed by atoms with Crippen molar-refractivity contribution < 1.29 is 14.7 Å². The van der Waals surface area contributed by atoms with Gasteiger partial charge in [0.1, 0.15) is 0 Å². The third-order valence-corrected chi connectivity index (χ3v) is 7.79. The van der Waals surface area contributed by atoms with E-state index in [-0.39, 0.29) is 29.5 Å². The minimum atomic E-state index is -0.411. The highest BCUT2D eigenvalue weighted by Gasteiger charge is 2.60. The molecule has 0 aromatic heterocycles. The lowest BCUT2D eigenvalue weighted by Crippen LogP contribution is -2.54. The van der Waals surface area contributed by atoms with Gasteiger partial charge < -0.3 is 5.11 Å². The van der Waals surface area contributed by atoms with Crippen LogP contribution in [0.25, 0.3) is 0 Å². The van der Waals surface area contributed by atoms with Crippen molar-refractivity contribution in [2.75, 3.05) is 0 Å². The van der Waals surface area contributed by atoms with Crippen LogP contribution in [-0.4, -0.2) is 22.8 Å². The molecule has 4 aliphatic rings. The minimum absolute atomic E-state index is 0.00661. The third-order valence-electron chi connectivity index (χ3n) is 7.79. The van der Waals surface area contributed by atoms with E-state index in [2.05, 4.69) is 13.8 Å². The van der Waals surface area contributed by atoms with Gasteiger partial charge in [-0.2, -0.15) is 0 Å². The highest BCUT2D eigenvalue weighted by atomic mass is 16.3. The summed E-state index contributed by atoms with van der Waals surface area (Å²) < 4.78 is 0. The molecule has 0 saturated heterocycles. The Morgan fingerprint density at radius 2 is 1.86 bits per heavy atom. The van der Waals surface area contributed by atoms with Crippen LogP contribution in [0.15, 0.2) is 11.6 Å². The number of aliphatic hydroxyl groups excluding tert-OH is 1.